The largest absolute Gasteiger partial charge is 0.452 e. The van der Waals surface area contributed by atoms with Gasteiger partial charge in [-0.2, -0.15) is 4.98 Å². The van der Waals surface area contributed by atoms with E-state index in [-0.39, 0.29) is 18.4 Å². The minimum Gasteiger partial charge on any atom is -0.452 e. The molecule has 7 heteroatoms. The Balaban J connectivity index is 1.65. The predicted molar refractivity (Wildman–Crippen MR) is 94.3 cm³/mol. The normalized spacial score (nSPS) is 10.4. The average molecular weight is 351 g/mol. The summed E-state index contributed by atoms with van der Waals surface area (Å²) in [4.78, 5) is 27.5. The van der Waals surface area contributed by atoms with Crippen LogP contribution in [0.3, 0.4) is 0 Å². The zero-order valence-electron chi connectivity index (χ0n) is 14.4. The first-order valence-electron chi connectivity index (χ1n) is 7.96. The smallest absolute Gasteiger partial charge is 0.338 e. The Labute approximate surface area is 150 Å². The van der Waals surface area contributed by atoms with Gasteiger partial charge in [-0.1, -0.05) is 35.5 Å². The van der Waals surface area contributed by atoms with Crippen molar-refractivity contribution in [3.63, 3.8) is 0 Å². The van der Waals surface area contributed by atoms with Gasteiger partial charge in [0.05, 0.1) is 5.56 Å². The number of rotatable bonds is 5. The van der Waals surface area contributed by atoms with Crippen LogP contribution < -0.4 is 5.32 Å². The number of anilines is 1. The predicted octanol–water partition coefficient (Wildman–Crippen LogP) is 3.36. The summed E-state index contributed by atoms with van der Waals surface area (Å²) in [6.45, 7) is 3.21. The van der Waals surface area contributed by atoms with E-state index >= 15 is 0 Å². The van der Waals surface area contributed by atoms with Gasteiger partial charge >= 0.3 is 5.97 Å². The van der Waals surface area contributed by atoms with Crippen LogP contribution in [0, 0.1) is 6.92 Å². The highest BCUT2D eigenvalue weighted by molar-refractivity contribution is 5.93. The fraction of sp³-hybridized carbons (Fsp3) is 0.158. The molecule has 2 aromatic carbocycles. The maximum absolute atomic E-state index is 12.2. The molecular formula is C19H17N3O4. The highest BCUT2D eigenvalue weighted by atomic mass is 16.6. The van der Waals surface area contributed by atoms with Crippen LogP contribution in [0.4, 0.5) is 5.69 Å². The van der Waals surface area contributed by atoms with Gasteiger partial charge in [0.2, 0.25) is 11.7 Å². The molecule has 1 aromatic heterocycles. The number of esters is 1. The number of aromatic nitrogens is 2. The molecule has 1 amide bonds. The van der Waals surface area contributed by atoms with Gasteiger partial charge in [0.15, 0.2) is 6.61 Å². The third-order valence-electron chi connectivity index (χ3n) is 3.60. The van der Waals surface area contributed by atoms with E-state index in [0.717, 1.165) is 11.1 Å². The van der Waals surface area contributed by atoms with Crippen molar-refractivity contribution in [2.75, 3.05) is 5.32 Å². The van der Waals surface area contributed by atoms with Gasteiger partial charge in [-0.3, -0.25) is 4.79 Å². The van der Waals surface area contributed by atoms with Crippen LogP contribution in [0.2, 0.25) is 0 Å². The number of aryl methyl sites for hydroxylation is 1. The van der Waals surface area contributed by atoms with E-state index in [2.05, 4.69) is 15.5 Å². The fourth-order valence-electron chi connectivity index (χ4n) is 2.38. The first-order chi connectivity index (χ1) is 12.5. The summed E-state index contributed by atoms with van der Waals surface area (Å²) in [5.74, 6) is -0.116. The molecule has 3 aromatic rings. The van der Waals surface area contributed by atoms with Gasteiger partial charge in [0, 0.05) is 18.2 Å². The number of carbonyl (C=O) groups excluding carboxylic acids is 2. The summed E-state index contributed by atoms with van der Waals surface area (Å²) in [5.41, 5.74) is 2.71. The molecule has 26 heavy (non-hydrogen) atoms. The number of ether oxygens (including phenoxy) is 1. The molecule has 3 rings (SSSR count). The first kappa shape index (κ1) is 17.3. The van der Waals surface area contributed by atoms with E-state index in [4.69, 9.17) is 9.26 Å². The summed E-state index contributed by atoms with van der Waals surface area (Å²) >= 11 is 0. The van der Waals surface area contributed by atoms with E-state index in [9.17, 15) is 9.59 Å². The molecule has 0 fully saturated rings. The van der Waals surface area contributed by atoms with Crippen molar-refractivity contribution in [3.05, 3.63) is 65.5 Å². The SMILES string of the molecule is CC(=O)Nc1cccc(C(=O)OCc2nc(-c3ccccc3C)no2)c1. The van der Waals surface area contributed by atoms with Gasteiger partial charge in [-0.15, -0.1) is 0 Å². The van der Waals surface area contributed by atoms with Crippen molar-refractivity contribution in [3.8, 4) is 11.4 Å². The monoisotopic (exact) mass is 351 g/mol. The number of hydrogen-bond acceptors (Lipinski definition) is 6. The van der Waals surface area contributed by atoms with Crippen LogP contribution in [0.1, 0.15) is 28.7 Å². The quantitative estimate of drug-likeness (QED) is 0.708. The van der Waals surface area contributed by atoms with E-state index in [1.54, 1.807) is 18.2 Å². The van der Waals surface area contributed by atoms with E-state index in [0.29, 0.717) is 17.1 Å². The molecule has 0 aliphatic heterocycles. The summed E-state index contributed by atoms with van der Waals surface area (Å²) < 4.78 is 10.3. The molecule has 0 saturated heterocycles. The Morgan fingerprint density at radius 1 is 1.15 bits per heavy atom. The highest BCUT2D eigenvalue weighted by Gasteiger charge is 2.14. The number of nitrogens with zero attached hydrogens (tertiary/aromatic N) is 2. The summed E-state index contributed by atoms with van der Waals surface area (Å²) in [7, 11) is 0. The third-order valence-corrected chi connectivity index (χ3v) is 3.60. The van der Waals surface area contributed by atoms with Crippen LogP contribution >= 0.6 is 0 Å². The van der Waals surface area contributed by atoms with E-state index in [1.807, 2.05) is 31.2 Å². The molecule has 0 atom stereocenters. The number of benzene rings is 2. The number of nitrogens with one attached hydrogen (secondary N) is 1. The van der Waals surface area contributed by atoms with Crippen molar-refractivity contribution in [1.29, 1.82) is 0 Å². The Kier molecular flexibility index (Phi) is 5.07. The number of amides is 1. The van der Waals surface area contributed by atoms with Crippen LogP contribution in [0.5, 0.6) is 0 Å². The lowest BCUT2D eigenvalue weighted by Crippen LogP contribution is -2.09. The fourth-order valence-corrected chi connectivity index (χ4v) is 2.38. The summed E-state index contributed by atoms with van der Waals surface area (Å²) in [6, 6.07) is 14.1. The molecule has 0 bridgehead atoms. The molecule has 0 saturated carbocycles. The molecule has 0 radical (unpaired) electrons. The topological polar surface area (TPSA) is 94.3 Å². The number of hydrogen-bond donors (Lipinski definition) is 1. The lowest BCUT2D eigenvalue weighted by Gasteiger charge is -2.05. The average Bonchev–Trinajstić information content (AvgIpc) is 3.08. The van der Waals surface area contributed by atoms with Crippen molar-refractivity contribution < 1.29 is 18.8 Å². The molecule has 1 N–H and O–H groups in total. The molecule has 1 heterocycles. The molecule has 7 nitrogen and oxygen atoms in total. The number of carbonyl (C=O) groups is 2. The maximum Gasteiger partial charge on any atom is 0.338 e. The molecule has 0 aliphatic carbocycles. The second-order valence-corrected chi connectivity index (χ2v) is 5.66. The van der Waals surface area contributed by atoms with Gasteiger partial charge < -0.3 is 14.6 Å². The van der Waals surface area contributed by atoms with Crippen LogP contribution in [0.15, 0.2) is 53.1 Å². The summed E-state index contributed by atoms with van der Waals surface area (Å²) in [6.07, 6.45) is 0. The minimum absolute atomic E-state index is 0.137. The first-order valence-corrected chi connectivity index (χ1v) is 7.96. The van der Waals surface area contributed by atoms with E-state index < -0.39 is 5.97 Å². The Hall–Kier alpha value is -3.48. The van der Waals surface area contributed by atoms with Crippen LogP contribution in [-0.4, -0.2) is 22.0 Å². The second kappa shape index (κ2) is 7.60. The van der Waals surface area contributed by atoms with Gasteiger partial charge in [0.25, 0.3) is 5.89 Å². The van der Waals surface area contributed by atoms with Gasteiger partial charge in [-0.25, -0.2) is 4.79 Å². The van der Waals surface area contributed by atoms with Crippen molar-refractivity contribution in [1.82, 2.24) is 10.1 Å². The highest BCUT2D eigenvalue weighted by Crippen LogP contribution is 2.20. The Morgan fingerprint density at radius 2 is 1.96 bits per heavy atom. The van der Waals surface area contributed by atoms with Gasteiger partial charge in [0.1, 0.15) is 0 Å². The lowest BCUT2D eigenvalue weighted by atomic mass is 10.1. The maximum atomic E-state index is 12.2. The third kappa shape index (κ3) is 4.13. The minimum atomic E-state index is -0.548. The van der Waals surface area contributed by atoms with Gasteiger partial charge in [-0.05, 0) is 30.7 Å². The van der Waals surface area contributed by atoms with E-state index in [1.165, 1.54) is 13.0 Å². The Morgan fingerprint density at radius 3 is 2.73 bits per heavy atom. The Bertz CT molecular complexity index is 949. The molecule has 0 spiro atoms. The van der Waals surface area contributed by atoms with Crippen LogP contribution in [0.25, 0.3) is 11.4 Å². The molecule has 0 aliphatic rings. The van der Waals surface area contributed by atoms with Crippen LogP contribution in [-0.2, 0) is 16.1 Å². The summed E-state index contributed by atoms with van der Waals surface area (Å²) in [5, 5.41) is 6.53. The van der Waals surface area contributed by atoms with Crippen molar-refractivity contribution >= 4 is 17.6 Å². The molecular weight excluding hydrogens is 334 g/mol. The standard InChI is InChI=1S/C19H17N3O4/c1-12-6-3-4-9-16(12)18-21-17(26-22-18)11-25-19(24)14-7-5-8-15(10-14)20-13(2)23/h3-10H,11H2,1-2H3,(H,20,23). The van der Waals surface area contributed by atoms with Crippen molar-refractivity contribution in [2.45, 2.75) is 20.5 Å². The molecule has 0 unspecified atom stereocenters. The zero-order chi connectivity index (χ0) is 18.5. The lowest BCUT2D eigenvalue weighted by molar-refractivity contribution is -0.114. The zero-order valence-corrected chi connectivity index (χ0v) is 14.4. The molecule has 132 valence electrons. The second-order valence-electron chi connectivity index (χ2n) is 5.66. The van der Waals surface area contributed by atoms with Crippen molar-refractivity contribution in [2.24, 2.45) is 0 Å².